The van der Waals surface area contributed by atoms with Gasteiger partial charge in [-0.3, -0.25) is 4.79 Å². The van der Waals surface area contributed by atoms with Gasteiger partial charge >= 0.3 is 0 Å². The Bertz CT molecular complexity index is 1230. The molecule has 0 atom stereocenters. The molecule has 5 rings (SSSR count). The lowest BCUT2D eigenvalue weighted by Crippen LogP contribution is -2.38. The summed E-state index contributed by atoms with van der Waals surface area (Å²) in [6.07, 6.45) is 3.06. The van der Waals surface area contributed by atoms with E-state index in [4.69, 9.17) is 11.6 Å². The molecular weight excluding hydrogens is 398 g/mol. The Hall–Kier alpha value is -2.99. The van der Waals surface area contributed by atoms with Crippen LogP contribution in [0, 0.1) is 12.8 Å². The largest absolute Gasteiger partial charge is 0.334 e. The maximum atomic E-state index is 13.2. The minimum Gasteiger partial charge on any atom is -0.334 e. The molecule has 1 fully saturated rings. The highest BCUT2D eigenvalue weighted by atomic mass is 35.5. The van der Waals surface area contributed by atoms with Crippen LogP contribution >= 0.6 is 11.6 Å². The molecule has 2 aromatic heterocycles. The van der Waals surface area contributed by atoms with E-state index in [0.29, 0.717) is 23.8 Å². The summed E-state index contributed by atoms with van der Waals surface area (Å²) in [6, 6.07) is 15.9. The van der Waals surface area contributed by atoms with Crippen molar-refractivity contribution < 1.29 is 4.79 Å². The van der Waals surface area contributed by atoms with Crippen molar-refractivity contribution in [3.8, 4) is 0 Å². The van der Waals surface area contributed by atoms with E-state index >= 15 is 0 Å². The molecule has 1 amide bonds. The lowest BCUT2D eigenvalue weighted by molar-refractivity contribution is -0.139. The van der Waals surface area contributed by atoms with Crippen LogP contribution in [0.3, 0.4) is 0 Å². The van der Waals surface area contributed by atoms with Gasteiger partial charge in [0.15, 0.2) is 5.65 Å². The fraction of sp³-hybridized carbons (Fsp3) is 0.304. The predicted octanol–water partition coefficient (Wildman–Crippen LogP) is 4.57. The highest BCUT2D eigenvalue weighted by Crippen LogP contribution is 2.30. The third kappa shape index (κ3) is 3.41. The fourth-order valence-corrected chi connectivity index (χ4v) is 4.26. The van der Waals surface area contributed by atoms with Crippen LogP contribution in [0.1, 0.15) is 36.0 Å². The molecule has 4 aromatic rings. The molecule has 1 saturated carbocycles. The summed E-state index contributed by atoms with van der Waals surface area (Å²) in [5, 5.41) is 14.1. The summed E-state index contributed by atoms with van der Waals surface area (Å²) in [5.74, 6) is 0.318. The molecule has 0 radical (unpaired) electrons. The third-order valence-electron chi connectivity index (χ3n) is 5.98. The van der Waals surface area contributed by atoms with Crippen molar-refractivity contribution in [2.75, 3.05) is 0 Å². The summed E-state index contributed by atoms with van der Waals surface area (Å²) < 4.78 is 1.79. The number of tetrazole rings is 1. The normalized spacial score (nSPS) is 14.2. The van der Waals surface area contributed by atoms with E-state index in [1.807, 2.05) is 35.2 Å². The van der Waals surface area contributed by atoms with Crippen LogP contribution in [0.4, 0.5) is 0 Å². The molecule has 152 valence electrons. The first-order chi connectivity index (χ1) is 14.6. The minimum atomic E-state index is 0.118. The number of halogens is 1. The Morgan fingerprint density at radius 2 is 1.97 bits per heavy atom. The van der Waals surface area contributed by atoms with Crippen LogP contribution < -0.4 is 0 Å². The van der Waals surface area contributed by atoms with Crippen molar-refractivity contribution in [3.05, 3.63) is 70.2 Å². The molecule has 0 aliphatic heterocycles. The van der Waals surface area contributed by atoms with Crippen molar-refractivity contribution in [1.82, 2.24) is 24.9 Å². The number of carbonyl (C=O) groups excluding carboxylic acids is 1. The van der Waals surface area contributed by atoms with Gasteiger partial charge in [0.2, 0.25) is 5.91 Å². The van der Waals surface area contributed by atoms with E-state index in [9.17, 15) is 4.79 Å². The maximum Gasteiger partial charge on any atom is 0.226 e. The first kappa shape index (κ1) is 19.0. The number of hydrogen-bond acceptors (Lipinski definition) is 4. The molecule has 2 aromatic carbocycles. The van der Waals surface area contributed by atoms with Crippen LogP contribution in [0.25, 0.3) is 16.6 Å². The number of nitrogens with zero attached hydrogens (tertiary/aromatic N) is 5. The molecule has 0 bridgehead atoms. The Morgan fingerprint density at radius 1 is 1.17 bits per heavy atom. The van der Waals surface area contributed by atoms with Crippen LogP contribution in [0.15, 0.2) is 48.5 Å². The smallest absolute Gasteiger partial charge is 0.226 e. The van der Waals surface area contributed by atoms with E-state index < -0.39 is 0 Å². The number of aryl methyl sites for hydroxylation is 1. The second-order valence-electron chi connectivity index (χ2n) is 8.05. The SMILES string of the molecule is Cc1cccc2cc(CN(Cc3ccc(Cl)cc3)C(=O)C3CCC3)c3nnnn3c12. The van der Waals surface area contributed by atoms with Crippen molar-refractivity contribution in [2.45, 2.75) is 39.3 Å². The number of aromatic nitrogens is 4. The van der Waals surface area contributed by atoms with Crippen molar-refractivity contribution >= 4 is 34.1 Å². The molecule has 30 heavy (non-hydrogen) atoms. The Morgan fingerprint density at radius 3 is 2.70 bits per heavy atom. The summed E-state index contributed by atoms with van der Waals surface area (Å²) in [5.41, 5.74) is 4.80. The molecule has 1 aliphatic carbocycles. The molecular formula is C23H22ClN5O. The van der Waals surface area contributed by atoms with Crippen LogP contribution in [0.2, 0.25) is 5.02 Å². The third-order valence-corrected chi connectivity index (χ3v) is 6.23. The van der Waals surface area contributed by atoms with Gasteiger partial charge in [-0.1, -0.05) is 48.4 Å². The quantitative estimate of drug-likeness (QED) is 0.475. The lowest BCUT2D eigenvalue weighted by atomic mass is 9.84. The average molecular weight is 420 g/mol. The van der Waals surface area contributed by atoms with E-state index in [1.165, 1.54) is 0 Å². The molecule has 7 heteroatoms. The molecule has 0 N–H and O–H groups in total. The number of carbonyl (C=O) groups is 1. The van der Waals surface area contributed by atoms with Gasteiger partial charge in [-0.2, -0.15) is 4.52 Å². The number of fused-ring (bicyclic) bond motifs is 3. The topological polar surface area (TPSA) is 63.4 Å². The molecule has 0 spiro atoms. The van der Waals surface area contributed by atoms with E-state index in [2.05, 4.69) is 40.6 Å². The first-order valence-corrected chi connectivity index (χ1v) is 10.6. The van der Waals surface area contributed by atoms with E-state index in [1.54, 1.807) is 4.52 Å². The second-order valence-corrected chi connectivity index (χ2v) is 8.48. The number of amides is 1. The van der Waals surface area contributed by atoms with Gasteiger partial charge in [-0.15, -0.1) is 5.10 Å². The number of pyridine rings is 1. The summed E-state index contributed by atoms with van der Waals surface area (Å²) in [6.45, 7) is 3.05. The van der Waals surface area contributed by atoms with Gasteiger partial charge in [-0.05, 0) is 59.5 Å². The van der Waals surface area contributed by atoms with Crippen LogP contribution in [-0.2, 0) is 17.9 Å². The highest BCUT2D eigenvalue weighted by Gasteiger charge is 2.30. The molecule has 0 unspecified atom stereocenters. The monoisotopic (exact) mass is 419 g/mol. The molecule has 1 aliphatic rings. The second kappa shape index (κ2) is 7.69. The van der Waals surface area contributed by atoms with Gasteiger partial charge < -0.3 is 4.90 Å². The molecule has 2 heterocycles. The van der Waals surface area contributed by atoms with E-state index in [-0.39, 0.29) is 11.8 Å². The zero-order chi connectivity index (χ0) is 20.7. The van der Waals surface area contributed by atoms with Crippen molar-refractivity contribution in [1.29, 1.82) is 0 Å². The predicted molar refractivity (Wildman–Crippen MR) is 116 cm³/mol. The van der Waals surface area contributed by atoms with Gasteiger partial charge in [0.25, 0.3) is 0 Å². The first-order valence-electron chi connectivity index (χ1n) is 10.2. The van der Waals surface area contributed by atoms with Crippen molar-refractivity contribution in [2.24, 2.45) is 5.92 Å². The zero-order valence-electron chi connectivity index (χ0n) is 16.8. The summed E-state index contributed by atoms with van der Waals surface area (Å²) in [7, 11) is 0. The van der Waals surface area contributed by atoms with Gasteiger partial charge in [0.1, 0.15) is 0 Å². The van der Waals surface area contributed by atoms with Gasteiger partial charge in [0, 0.05) is 35.0 Å². The highest BCUT2D eigenvalue weighted by molar-refractivity contribution is 6.30. The Kier molecular flexibility index (Phi) is 4.87. The number of benzene rings is 2. The minimum absolute atomic E-state index is 0.118. The Balaban J connectivity index is 1.54. The Labute approximate surface area is 179 Å². The van der Waals surface area contributed by atoms with Crippen LogP contribution in [0.5, 0.6) is 0 Å². The fourth-order valence-electron chi connectivity index (χ4n) is 4.13. The maximum absolute atomic E-state index is 13.2. The number of para-hydroxylation sites is 1. The molecule has 6 nitrogen and oxygen atoms in total. The van der Waals surface area contributed by atoms with Crippen molar-refractivity contribution in [3.63, 3.8) is 0 Å². The molecule has 0 saturated heterocycles. The average Bonchev–Trinajstić information content (AvgIpc) is 3.18. The lowest BCUT2D eigenvalue weighted by Gasteiger charge is -2.32. The summed E-state index contributed by atoms with van der Waals surface area (Å²) in [4.78, 5) is 15.2. The number of rotatable bonds is 5. The zero-order valence-corrected chi connectivity index (χ0v) is 17.5. The van der Waals surface area contributed by atoms with Gasteiger partial charge in [0.05, 0.1) is 5.52 Å². The van der Waals surface area contributed by atoms with E-state index in [0.717, 1.165) is 46.9 Å². The standard InChI is InChI=1S/C23H22ClN5O/c1-15-4-2-7-18-12-19(22-25-26-27-29(22)21(15)18)14-28(23(30)17-5-3-6-17)13-16-8-10-20(24)11-9-16/h2,4,7-12,17H,3,5-6,13-14H2,1H3. The number of hydrogen-bond donors (Lipinski definition) is 0. The van der Waals surface area contributed by atoms with Crippen LogP contribution in [-0.4, -0.2) is 30.8 Å². The van der Waals surface area contributed by atoms with Gasteiger partial charge in [-0.25, -0.2) is 0 Å². The summed E-state index contributed by atoms with van der Waals surface area (Å²) >= 11 is 6.04.